The average molecular weight is 1010 g/mol. The molecule has 0 heterocycles. The van der Waals surface area contributed by atoms with Gasteiger partial charge >= 0.3 is 0 Å². The molecule has 2 aliphatic carbocycles. The molecule has 0 fully saturated rings. The van der Waals surface area contributed by atoms with Crippen molar-refractivity contribution >= 4 is 17.1 Å². The highest BCUT2D eigenvalue weighted by atomic mass is 16.5. The molecular weight excluding hydrogens is 943 g/mol. The average Bonchev–Trinajstić information content (AvgIpc) is 4.03. The molecule has 0 aliphatic heterocycles. The van der Waals surface area contributed by atoms with Gasteiger partial charge in [-0.15, -0.1) is 0 Å². The van der Waals surface area contributed by atoms with Crippen molar-refractivity contribution in [1.82, 2.24) is 0 Å². The van der Waals surface area contributed by atoms with Crippen LogP contribution in [0, 0.1) is 0 Å². The van der Waals surface area contributed by atoms with Crippen LogP contribution in [-0.4, -0.2) is 0 Å². The van der Waals surface area contributed by atoms with E-state index in [1.807, 2.05) is 0 Å². The summed E-state index contributed by atoms with van der Waals surface area (Å²) in [5.41, 5.74) is 21.9. The van der Waals surface area contributed by atoms with Crippen LogP contribution in [0.3, 0.4) is 0 Å². The monoisotopic (exact) mass is 1010 g/mol. The van der Waals surface area contributed by atoms with Gasteiger partial charge in [0.1, 0.15) is 11.5 Å². The maximum atomic E-state index is 6.60. The maximum absolute atomic E-state index is 6.60. The first-order valence-corrected chi connectivity index (χ1v) is 27.7. The summed E-state index contributed by atoms with van der Waals surface area (Å²) in [6, 6.07) is 101. The van der Waals surface area contributed by atoms with Crippen LogP contribution in [0.15, 0.2) is 273 Å². The van der Waals surface area contributed by atoms with E-state index in [-0.39, 0.29) is 5.41 Å². The molecule has 0 saturated carbocycles. The van der Waals surface area contributed by atoms with Crippen LogP contribution in [0.4, 0.5) is 17.1 Å². The van der Waals surface area contributed by atoms with E-state index >= 15 is 0 Å². The van der Waals surface area contributed by atoms with Crippen LogP contribution in [-0.2, 0) is 16.2 Å². The largest absolute Gasteiger partial charge is 0.457 e. The van der Waals surface area contributed by atoms with Crippen LogP contribution in [0.25, 0.3) is 33.4 Å². The minimum Gasteiger partial charge on any atom is -0.457 e. The summed E-state index contributed by atoms with van der Waals surface area (Å²) in [7, 11) is 0. The first-order valence-electron chi connectivity index (χ1n) is 27.7. The molecule has 378 valence electrons. The molecule has 2 aliphatic rings. The molecule has 0 radical (unpaired) electrons. The highest BCUT2D eigenvalue weighted by Gasteiger charge is 2.48. The number of nitrogens with zero attached hydrogens (tertiary/aromatic N) is 1. The molecule has 0 bridgehead atoms. The molecule has 13 rings (SSSR count). The Balaban J connectivity index is 1.03. The van der Waals surface area contributed by atoms with Crippen molar-refractivity contribution in [2.45, 2.75) is 63.2 Å². The second-order valence-corrected chi connectivity index (χ2v) is 22.4. The van der Waals surface area contributed by atoms with Gasteiger partial charge < -0.3 is 9.64 Å². The van der Waals surface area contributed by atoms with E-state index in [9.17, 15) is 0 Å². The molecule has 11 aromatic rings. The minimum absolute atomic E-state index is 0.0114. The van der Waals surface area contributed by atoms with E-state index in [0.29, 0.717) is 5.92 Å². The fourth-order valence-electron chi connectivity index (χ4n) is 12.9. The second-order valence-electron chi connectivity index (χ2n) is 22.4. The Kier molecular flexibility index (Phi) is 12.2. The van der Waals surface area contributed by atoms with Gasteiger partial charge in [-0.25, -0.2) is 0 Å². The number of anilines is 3. The van der Waals surface area contributed by atoms with E-state index in [2.05, 4.69) is 313 Å². The fourth-order valence-corrected chi connectivity index (χ4v) is 12.9. The SMILES string of the molecule is CCC(C)c1ccc(Oc2ccc(C3(c4ccc(C(C)(C)C)cc4)c4ccccc4-c4ccc(N(c5ccc(-c6ccccc6)cc5)c5ccc6c(c5)C(c5ccccc5)(c5ccccc5)c5ccccc5-6)cc43)cc2)cc1. The third-order valence-corrected chi connectivity index (χ3v) is 17.0. The van der Waals surface area contributed by atoms with Crippen molar-refractivity contribution in [2.75, 3.05) is 4.90 Å². The normalized spacial score (nSPS) is 15.1. The first-order chi connectivity index (χ1) is 38.2. The van der Waals surface area contributed by atoms with E-state index < -0.39 is 10.8 Å². The molecule has 2 atom stereocenters. The molecule has 0 amide bonds. The Bertz CT molecular complexity index is 3890. The van der Waals surface area contributed by atoms with Crippen molar-refractivity contribution in [3.63, 3.8) is 0 Å². The van der Waals surface area contributed by atoms with E-state index in [4.69, 9.17) is 4.74 Å². The quantitative estimate of drug-likeness (QED) is 0.121. The Morgan fingerprint density at radius 3 is 1.23 bits per heavy atom. The number of hydrogen-bond acceptors (Lipinski definition) is 2. The molecule has 0 aromatic heterocycles. The lowest BCUT2D eigenvalue weighted by Gasteiger charge is -2.36. The summed E-state index contributed by atoms with van der Waals surface area (Å²) in [4.78, 5) is 2.49. The Labute approximate surface area is 461 Å². The predicted octanol–water partition coefficient (Wildman–Crippen LogP) is 20.2. The predicted molar refractivity (Wildman–Crippen MR) is 325 cm³/mol. The molecule has 78 heavy (non-hydrogen) atoms. The van der Waals surface area contributed by atoms with E-state index in [1.54, 1.807) is 0 Å². The van der Waals surface area contributed by atoms with Gasteiger partial charge in [-0.05, 0) is 167 Å². The van der Waals surface area contributed by atoms with Crippen molar-refractivity contribution in [3.8, 4) is 44.9 Å². The van der Waals surface area contributed by atoms with Crippen LogP contribution in [0.5, 0.6) is 11.5 Å². The van der Waals surface area contributed by atoms with Crippen molar-refractivity contribution in [3.05, 3.63) is 329 Å². The zero-order valence-electron chi connectivity index (χ0n) is 45.1. The molecule has 11 aromatic carbocycles. The molecule has 2 unspecified atom stereocenters. The second kappa shape index (κ2) is 19.5. The van der Waals surface area contributed by atoms with Crippen molar-refractivity contribution in [1.29, 1.82) is 0 Å². The number of hydrogen-bond donors (Lipinski definition) is 0. The van der Waals surface area contributed by atoms with Crippen molar-refractivity contribution < 1.29 is 4.74 Å². The van der Waals surface area contributed by atoms with Crippen molar-refractivity contribution in [2.24, 2.45) is 0 Å². The third-order valence-electron chi connectivity index (χ3n) is 17.0. The Morgan fingerprint density at radius 1 is 0.372 bits per heavy atom. The summed E-state index contributed by atoms with van der Waals surface area (Å²) in [5.74, 6) is 2.14. The van der Waals surface area contributed by atoms with Crippen LogP contribution >= 0.6 is 0 Å². The Hall–Kier alpha value is -8.98. The van der Waals surface area contributed by atoms with Gasteiger partial charge in [-0.2, -0.15) is 0 Å². The fraction of sp³-hybridized carbons (Fsp3) is 0.132. The van der Waals surface area contributed by atoms with Crippen LogP contribution in [0.2, 0.25) is 0 Å². The summed E-state index contributed by atoms with van der Waals surface area (Å²) >= 11 is 0. The lowest BCUT2D eigenvalue weighted by molar-refractivity contribution is 0.481. The molecular formula is C76H63NO. The number of ether oxygens (including phenoxy) is 1. The summed E-state index contributed by atoms with van der Waals surface area (Å²) in [6.07, 6.45) is 1.10. The van der Waals surface area contributed by atoms with Gasteiger partial charge in [0.25, 0.3) is 0 Å². The zero-order valence-corrected chi connectivity index (χ0v) is 45.1. The van der Waals surface area contributed by atoms with Gasteiger partial charge in [-0.3, -0.25) is 0 Å². The minimum atomic E-state index is -0.674. The number of rotatable bonds is 12. The van der Waals surface area contributed by atoms with E-state index in [1.165, 1.54) is 89.0 Å². The Morgan fingerprint density at radius 2 is 0.756 bits per heavy atom. The van der Waals surface area contributed by atoms with Gasteiger partial charge in [0.05, 0.1) is 10.8 Å². The highest BCUT2D eigenvalue weighted by Crippen LogP contribution is 2.60. The summed E-state index contributed by atoms with van der Waals surface area (Å²) in [6.45, 7) is 11.4. The summed E-state index contributed by atoms with van der Waals surface area (Å²) < 4.78 is 6.60. The summed E-state index contributed by atoms with van der Waals surface area (Å²) in [5, 5.41) is 0. The lowest BCUT2D eigenvalue weighted by atomic mass is 9.67. The topological polar surface area (TPSA) is 12.5 Å². The highest BCUT2D eigenvalue weighted by molar-refractivity contribution is 5.92. The smallest absolute Gasteiger partial charge is 0.127 e. The lowest BCUT2D eigenvalue weighted by Crippen LogP contribution is -2.29. The first kappa shape index (κ1) is 48.6. The molecule has 0 spiro atoms. The third kappa shape index (κ3) is 8.01. The van der Waals surface area contributed by atoms with Crippen LogP contribution in [0.1, 0.15) is 103 Å². The molecule has 2 nitrogen and oxygen atoms in total. The number of benzene rings is 11. The van der Waals surface area contributed by atoms with Gasteiger partial charge in [-0.1, -0.05) is 247 Å². The number of fused-ring (bicyclic) bond motifs is 6. The van der Waals surface area contributed by atoms with E-state index in [0.717, 1.165) is 35.0 Å². The van der Waals surface area contributed by atoms with Gasteiger partial charge in [0.2, 0.25) is 0 Å². The van der Waals surface area contributed by atoms with Crippen LogP contribution < -0.4 is 9.64 Å². The zero-order chi connectivity index (χ0) is 53.0. The maximum Gasteiger partial charge on any atom is 0.127 e. The molecule has 2 heteroatoms. The molecule has 0 N–H and O–H groups in total. The van der Waals surface area contributed by atoms with Gasteiger partial charge in [0.15, 0.2) is 0 Å². The molecule has 0 saturated heterocycles. The standard InChI is InChI=1S/C76H63NO/c1-6-52(2)53-32-44-64(45-33-53)78-65-46-38-60(39-47-65)76(59-36-34-56(35-37-59)74(3,4)5)71-29-19-17-27-67(71)69-49-43-63(51-73(69)76)77(61-40-30-55(31-41-61)54-20-10-7-11-21-54)62-42-48-68-66-26-16-18-28-70(66)75(72(68)50-62,57-22-12-8-13-23-57)58-24-14-9-15-25-58/h7-52H,6H2,1-5H3. The van der Waals surface area contributed by atoms with Gasteiger partial charge in [0, 0.05) is 17.1 Å².